The van der Waals surface area contributed by atoms with Crippen LogP contribution in [0.25, 0.3) is 0 Å². The van der Waals surface area contributed by atoms with Crippen LogP contribution >= 0.6 is 0 Å². The van der Waals surface area contributed by atoms with Crippen molar-refractivity contribution >= 4 is 6.29 Å². The van der Waals surface area contributed by atoms with Crippen LogP contribution in [-0.2, 0) is 4.79 Å². The van der Waals surface area contributed by atoms with E-state index in [1.54, 1.807) is 0 Å². The molecule has 1 heteroatoms. The normalized spacial score (nSPS) is 12.4. The van der Waals surface area contributed by atoms with Gasteiger partial charge in [-0.2, -0.15) is 0 Å². The number of allylic oxidation sites excluding steroid dienone is 2. The van der Waals surface area contributed by atoms with Crippen molar-refractivity contribution in [3.05, 3.63) is 47.5 Å². The van der Waals surface area contributed by atoms with Gasteiger partial charge in [-0.15, -0.1) is 0 Å². The largest absolute Gasteiger partial charge is 0.303 e. The summed E-state index contributed by atoms with van der Waals surface area (Å²) in [7, 11) is 0. The average Bonchev–Trinajstić information content (AvgIpc) is 2.50. The minimum absolute atomic E-state index is 0.272. The molecule has 0 N–H and O–H groups in total. The summed E-state index contributed by atoms with van der Waals surface area (Å²) < 4.78 is 0. The van der Waals surface area contributed by atoms with E-state index < -0.39 is 0 Å². The zero-order valence-electron chi connectivity index (χ0n) is 13.3. The van der Waals surface area contributed by atoms with Gasteiger partial charge in [-0.3, -0.25) is 0 Å². The minimum Gasteiger partial charge on any atom is -0.303 e. The van der Waals surface area contributed by atoms with Gasteiger partial charge in [0.1, 0.15) is 6.29 Å². The van der Waals surface area contributed by atoms with Gasteiger partial charge >= 0.3 is 0 Å². The molecule has 1 nitrogen and oxygen atoms in total. The molecule has 0 spiro atoms. The van der Waals surface area contributed by atoms with E-state index in [0.717, 1.165) is 18.3 Å². The van der Waals surface area contributed by atoms with Crippen molar-refractivity contribution in [2.45, 2.75) is 52.4 Å². The van der Waals surface area contributed by atoms with Crippen molar-refractivity contribution in [3.8, 4) is 11.8 Å². The molecule has 1 atom stereocenters. The highest BCUT2D eigenvalue weighted by Gasteiger charge is 2.00. The Bertz CT molecular complexity index is 488. The molecule has 1 rings (SSSR count). The Morgan fingerprint density at radius 2 is 1.95 bits per heavy atom. The third-order valence-corrected chi connectivity index (χ3v) is 3.39. The van der Waals surface area contributed by atoms with E-state index in [1.165, 1.54) is 31.3 Å². The zero-order chi connectivity index (χ0) is 15.3. The van der Waals surface area contributed by atoms with Crippen molar-refractivity contribution in [2.24, 2.45) is 5.92 Å². The van der Waals surface area contributed by atoms with Crippen LogP contribution in [0.1, 0.15) is 57.9 Å². The molecule has 0 bridgehead atoms. The SMILES string of the molecule is CCCCCCC(C#Cc1ccccc1)=CC(C)CC=O. The molecule has 21 heavy (non-hydrogen) atoms. The third kappa shape index (κ3) is 8.15. The second kappa shape index (κ2) is 10.9. The second-order valence-corrected chi connectivity index (χ2v) is 5.50. The van der Waals surface area contributed by atoms with Crippen LogP contribution in [-0.4, -0.2) is 6.29 Å². The summed E-state index contributed by atoms with van der Waals surface area (Å²) in [6.45, 7) is 4.29. The molecule has 0 radical (unpaired) electrons. The topological polar surface area (TPSA) is 17.1 Å². The Morgan fingerprint density at radius 3 is 2.62 bits per heavy atom. The fourth-order valence-electron chi connectivity index (χ4n) is 2.17. The van der Waals surface area contributed by atoms with Crippen LogP contribution < -0.4 is 0 Å². The Hall–Kier alpha value is -1.81. The van der Waals surface area contributed by atoms with Gasteiger partial charge in [-0.25, -0.2) is 0 Å². The molecule has 112 valence electrons. The van der Waals surface area contributed by atoms with E-state index in [2.05, 4.69) is 31.8 Å². The van der Waals surface area contributed by atoms with E-state index in [9.17, 15) is 4.79 Å². The van der Waals surface area contributed by atoms with Crippen molar-refractivity contribution in [2.75, 3.05) is 0 Å². The molecule has 1 aromatic rings. The number of unbranched alkanes of at least 4 members (excludes halogenated alkanes) is 3. The highest BCUT2D eigenvalue weighted by molar-refractivity contribution is 5.50. The fraction of sp³-hybridized carbons (Fsp3) is 0.450. The van der Waals surface area contributed by atoms with E-state index >= 15 is 0 Å². The van der Waals surface area contributed by atoms with Crippen LogP contribution in [0.4, 0.5) is 0 Å². The Balaban J connectivity index is 2.71. The number of benzene rings is 1. The van der Waals surface area contributed by atoms with Crippen LogP contribution in [0.2, 0.25) is 0 Å². The lowest BCUT2D eigenvalue weighted by atomic mass is 10.00. The van der Waals surface area contributed by atoms with E-state index in [1.807, 2.05) is 30.3 Å². The quantitative estimate of drug-likeness (QED) is 0.365. The number of hydrogen-bond donors (Lipinski definition) is 0. The molecular formula is C20H26O. The smallest absolute Gasteiger partial charge is 0.120 e. The molecule has 0 aromatic heterocycles. The van der Waals surface area contributed by atoms with Gasteiger partial charge in [-0.1, -0.05) is 69.2 Å². The van der Waals surface area contributed by atoms with Crippen molar-refractivity contribution in [3.63, 3.8) is 0 Å². The van der Waals surface area contributed by atoms with Crippen LogP contribution in [0.3, 0.4) is 0 Å². The lowest BCUT2D eigenvalue weighted by Gasteiger charge is -2.04. The zero-order valence-corrected chi connectivity index (χ0v) is 13.3. The lowest BCUT2D eigenvalue weighted by molar-refractivity contribution is -0.108. The summed E-state index contributed by atoms with van der Waals surface area (Å²) in [4.78, 5) is 10.6. The van der Waals surface area contributed by atoms with Gasteiger partial charge in [-0.05, 0) is 36.5 Å². The van der Waals surface area contributed by atoms with Crippen molar-refractivity contribution in [1.82, 2.24) is 0 Å². The summed E-state index contributed by atoms with van der Waals surface area (Å²) in [6, 6.07) is 10.1. The fourth-order valence-corrected chi connectivity index (χ4v) is 2.17. The predicted octanol–water partition coefficient (Wildman–Crippen LogP) is 5.16. The maximum atomic E-state index is 10.6. The molecule has 1 unspecified atom stereocenters. The summed E-state index contributed by atoms with van der Waals surface area (Å²) in [5.41, 5.74) is 2.21. The monoisotopic (exact) mass is 282 g/mol. The number of aldehydes is 1. The van der Waals surface area contributed by atoms with Crippen LogP contribution in [0.5, 0.6) is 0 Å². The highest BCUT2D eigenvalue weighted by atomic mass is 16.1. The molecule has 0 saturated carbocycles. The number of carbonyl (C=O) groups excluding carboxylic acids is 1. The van der Waals surface area contributed by atoms with E-state index in [0.29, 0.717) is 6.42 Å². The Labute approximate surface area is 129 Å². The maximum absolute atomic E-state index is 10.6. The molecule has 0 aliphatic heterocycles. The van der Waals surface area contributed by atoms with E-state index in [-0.39, 0.29) is 5.92 Å². The lowest BCUT2D eigenvalue weighted by Crippen LogP contribution is -1.93. The number of carbonyl (C=O) groups is 1. The standard InChI is InChI=1S/C20H26O/c1-3-4-5-7-12-20(17-18(2)15-16-21)14-13-19-10-8-6-9-11-19/h6,8-11,16-18H,3-5,7,12,15H2,1-2H3. The van der Waals surface area contributed by atoms with Gasteiger partial charge in [0.15, 0.2) is 0 Å². The molecule has 0 saturated heterocycles. The van der Waals surface area contributed by atoms with Gasteiger partial charge in [0.25, 0.3) is 0 Å². The summed E-state index contributed by atoms with van der Waals surface area (Å²) in [5, 5.41) is 0. The van der Waals surface area contributed by atoms with E-state index in [4.69, 9.17) is 0 Å². The molecular weight excluding hydrogens is 256 g/mol. The first-order valence-electron chi connectivity index (χ1n) is 7.97. The molecule has 1 aromatic carbocycles. The number of hydrogen-bond acceptors (Lipinski definition) is 1. The Kier molecular flexibility index (Phi) is 8.96. The maximum Gasteiger partial charge on any atom is 0.120 e. The molecule has 0 amide bonds. The van der Waals surface area contributed by atoms with Gasteiger partial charge in [0.2, 0.25) is 0 Å². The number of rotatable bonds is 8. The van der Waals surface area contributed by atoms with Gasteiger partial charge in [0, 0.05) is 12.0 Å². The summed E-state index contributed by atoms with van der Waals surface area (Å²) >= 11 is 0. The first-order chi connectivity index (χ1) is 10.3. The molecule has 0 aliphatic rings. The molecule has 0 aliphatic carbocycles. The summed E-state index contributed by atoms with van der Waals surface area (Å²) in [6.07, 6.45) is 9.70. The highest BCUT2D eigenvalue weighted by Crippen LogP contribution is 2.14. The van der Waals surface area contributed by atoms with Crippen LogP contribution in [0, 0.1) is 17.8 Å². The minimum atomic E-state index is 0.272. The summed E-state index contributed by atoms with van der Waals surface area (Å²) in [5.74, 6) is 6.80. The van der Waals surface area contributed by atoms with Crippen molar-refractivity contribution in [1.29, 1.82) is 0 Å². The third-order valence-electron chi connectivity index (χ3n) is 3.39. The average molecular weight is 282 g/mol. The second-order valence-electron chi connectivity index (χ2n) is 5.50. The first kappa shape index (κ1) is 17.2. The predicted molar refractivity (Wildman–Crippen MR) is 90.0 cm³/mol. The first-order valence-corrected chi connectivity index (χ1v) is 7.97. The van der Waals surface area contributed by atoms with Gasteiger partial charge in [0.05, 0.1) is 0 Å². The van der Waals surface area contributed by atoms with Gasteiger partial charge < -0.3 is 4.79 Å². The molecule has 0 heterocycles. The van der Waals surface area contributed by atoms with Crippen LogP contribution in [0.15, 0.2) is 42.0 Å². The molecule has 0 fully saturated rings. The van der Waals surface area contributed by atoms with Crippen molar-refractivity contribution < 1.29 is 4.79 Å². The Morgan fingerprint density at radius 1 is 1.19 bits per heavy atom.